The molecule has 0 unspecified atom stereocenters. The first-order valence-corrected chi connectivity index (χ1v) is 5.70. The molecule has 0 aliphatic heterocycles. The third-order valence-corrected chi connectivity index (χ3v) is 2.16. The SMILES string of the molecule is CCCCCCCCCOCC(F)(F)F. The van der Waals surface area contributed by atoms with E-state index < -0.39 is 12.8 Å². The Morgan fingerprint density at radius 1 is 0.867 bits per heavy atom. The van der Waals surface area contributed by atoms with Crippen LogP contribution in [0.4, 0.5) is 13.2 Å². The highest BCUT2D eigenvalue weighted by atomic mass is 19.4. The summed E-state index contributed by atoms with van der Waals surface area (Å²) in [5, 5.41) is 0. The minimum atomic E-state index is -4.18. The molecule has 0 saturated carbocycles. The van der Waals surface area contributed by atoms with Gasteiger partial charge in [0, 0.05) is 6.61 Å². The molecule has 92 valence electrons. The van der Waals surface area contributed by atoms with E-state index in [0.29, 0.717) is 0 Å². The highest BCUT2D eigenvalue weighted by Gasteiger charge is 2.26. The lowest BCUT2D eigenvalue weighted by Gasteiger charge is -2.07. The van der Waals surface area contributed by atoms with E-state index in [1.54, 1.807) is 0 Å². The number of unbranched alkanes of at least 4 members (excludes halogenated alkanes) is 6. The van der Waals surface area contributed by atoms with Gasteiger partial charge in [-0.05, 0) is 6.42 Å². The fraction of sp³-hybridized carbons (Fsp3) is 1.00. The topological polar surface area (TPSA) is 9.23 Å². The second-order valence-electron chi connectivity index (χ2n) is 3.79. The van der Waals surface area contributed by atoms with Crippen LogP contribution in [0.15, 0.2) is 0 Å². The molecule has 0 spiro atoms. The lowest BCUT2D eigenvalue weighted by molar-refractivity contribution is -0.174. The minimum Gasteiger partial charge on any atom is -0.372 e. The predicted octanol–water partition coefficient (Wildman–Crippen LogP) is 4.32. The van der Waals surface area contributed by atoms with Crippen molar-refractivity contribution in [2.24, 2.45) is 0 Å². The predicted molar refractivity (Wildman–Crippen MR) is 54.9 cm³/mol. The molecule has 1 nitrogen and oxygen atoms in total. The maximum Gasteiger partial charge on any atom is 0.411 e. The Morgan fingerprint density at radius 2 is 1.40 bits per heavy atom. The van der Waals surface area contributed by atoms with Crippen molar-refractivity contribution in [2.45, 2.75) is 58.0 Å². The lowest BCUT2D eigenvalue weighted by atomic mass is 10.1. The first-order chi connectivity index (χ1) is 7.06. The molecule has 0 aromatic carbocycles. The van der Waals surface area contributed by atoms with Gasteiger partial charge in [0.2, 0.25) is 0 Å². The fourth-order valence-electron chi connectivity index (χ4n) is 1.35. The molecule has 0 amide bonds. The summed E-state index contributed by atoms with van der Waals surface area (Å²) >= 11 is 0. The fourth-order valence-corrected chi connectivity index (χ4v) is 1.35. The Kier molecular flexibility index (Phi) is 8.86. The van der Waals surface area contributed by atoms with Gasteiger partial charge in [-0.15, -0.1) is 0 Å². The van der Waals surface area contributed by atoms with E-state index in [9.17, 15) is 13.2 Å². The van der Waals surface area contributed by atoms with E-state index in [1.807, 2.05) is 0 Å². The van der Waals surface area contributed by atoms with Crippen LogP contribution in [-0.4, -0.2) is 19.4 Å². The van der Waals surface area contributed by atoms with E-state index in [2.05, 4.69) is 11.7 Å². The Labute approximate surface area is 90.0 Å². The smallest absolute Gasteiger partial charge is 0.372 e. The summed E-state index contributed by atoms with van der Waals surface area (Å²) in [6.45, 7) is 1.28. The molecule has 0 aromatic heterocycles. The molecule has 0 N–H and O–H groups in total. The lowest BCUT2D eigenvalue weighted by Crippen LogP contribution is -2.17. The number of rotatable bonds is 9. The molecule has 0 aliphatic carbocycles. The Balaban J connectivity index is 2.99. The zero-order valence-electron chi connectivity index (χ0n) is 9.41. The number of halogens is 3. The van der Waals surface area contributed by atoms with Crippen molar-refractivity contribution in [2.75, 3.05) is 13.2 Å². The van der Waals surface area contributed by atoms with Crippen molar-refractivity contribution in [1.82, 2.24) is 0 Å². The van der Waals surface area contributed by atoms with Crippen molar-refractivity contribution in [3.63, 3.8) is 0 Å². The van der Waals surface area contributed by atoms with E-state index in [0.717, 1.165) is 19.3 Å². The molecule has 0 aromatic rings. The molecule has 0 fully saturated rings. The summed E-state index contributed by atoms with van der Waals surface area (Å²) in [5.74, 6) is 0. The van der Waals surface area contributed by atoms with Crippen LogP contribution in [0.1, 0.15) is 51.9 Å². The summed E-state index contributed by atoms with van der Waals surface area (Å²) in [4.78, 5) is 0. The minimum absolute atomic E-state index is 0.229. The summed E-state index contributed by atoms with van der Waals surface area (Å²) in [6, 6.07) is 0. The summed E-state index contributed by atoms with van der Waals surface area (Å²) < 4.78 is 39.4. The summed E-state index contributed by atoms with van der Waals surface area (Å²) in [5.41, 5.74) is 0. The van der Waals surface area contributed by atoms with Crippen LogP contribution in [0.5, 0.6) is 0 Å². The molecule has 0 saturated heterocycles. The molecule has 0 bridgehead atoms. The van der Waals surface area contributed by atoms with Gasteiger partial charge < -0.3 is 4.74 Å². The van der Waals surface area contributed by atoms with Crippen molar-refractivity contribution >= 4 is 0 Å². The van der Waals surface area contributed by atoms with Gasteiger partial charge in [0.05, 0.1) is 0 Å². The molecule has 4 heteroatoms. The van der Waals surface area contributed by atoms with E-state index in [4.69, 9.17) is 0 Å². The van der Waals surface area contributed by atoms with E-state index in [-0.39, 0.29) is 6.61 Å². The van der Waals surface area contributed by atoms with Crippen molar-refractivity contribution < 1.29 is 17.9 Å². The molecule has 0 rings (SSSR count). The van der Waals surface area contributed by atoms with Crippen LogP contribution >= 0.6 is 0 Å². The van der Waals surface area contributed by atoms with Gasteiger partial charge in [-0.25, -0.2) is 0 Å². The molecule has 15 heavy (non-hydrogen) atoms. The number of hydrogen-bond donors (Lipinski definition) is 0. The normalized spacial score (nSPS) is 12.0. The number of hydrogen-bond acceptors (Lipinski definition) is 1. The molecular weight excluding hydrogens is 205 g/mol. The Morgan fingerprint density at radius 3 is 1.93 bits per heavy atom. The van der Waals surface area contributed by atoms with Gasteiger partial charge in [-0.1, -0.05) is 45.4 Å². The van der Waals surface area contributed by atoms with E-state index >= 15 is 0 Å². The first-order valence-electron chi connectivity index (χ1n) is 5.70. The quantitative estimate of drug-likeness (QED) is 0.532. The maximum absolute atomic E-state index is 11.6. The molecular formula is C11H21F3O. The standard InChI is InChI=1S/C11H21F3O/c1-2-3-4-5-6-7-8-9-15-10-11(12,13)14/h2-10H2,1H3. The number of ether oxygens (including phenoxy) is 1. The van der Waals surface area contributed by atoms with Gasteiger partial charge in [0.25, 0.3) is 0 Å². The molecule has 0 aliphatic rings. The second-order valence-corrected chi connectivity index (χ2v) is 3.79. The summed E-state index contributed by atoms with van der Waals surface area (Å²) in [6.07, 6.45) is 3.53. The van der Waals surface area contributed by atoms with Crippen LogP contribution in [0.3, 0.4) is 0 Å². The number of alkyl halides is 3. The van der Waals surface area contributed by atoms with Gasteiger partial charge in [0.1, 0.15) is 6.61 Å². The molecule has 0 atom stereocenters. The van der Waals surface area contributed by atoms with Crippen LogP contribution in [0.25, 0.3) is 0 Å². The van der Waals surface area contributed by atoms with E-state index in [1.165, 1.54) is 25.7 Å². The third kappa shape index (κ3) is 13.8. The second kappa shape index (κ2) is 9.01. The van der Waals surface area contributed by atoms with Crippen LogP contribution in [0, 0.1) is 0 Å². The third-order valence-electron chi connectivity index (χ3n) is 2.16. The monoisotopic (exact) mass is 226 g/mol. The largest absolute Gasteiger partial charge is 0.411 e. The van der Waals surface area contributed by atoms with Gasteiger partial charge in [-0.3, -0.25) is 0 Å². The summed E-state index contributed by atoms with van der Waals surface area (Å²) in [7, 11) is 0. The zero-order chi connectivity index (χ0) is 11.6. The van der Waals surface area contributed by atoms with Crippen LogP contribution < -0.4 is 0 Å². The molecule has 0 radical (unpaired) electrons. The van der Waals surface area contributed by atoms with Gasteiger partial charge in [-0.2, -0.15) is 13.2 Å². The highest BCUT2D eigenvalue weighted by Crippen LogP contribution is 2.14. The highest BCUT2D eigenvalue weighted by molar-refractivity contribution is 4.47. The Hall–Kier alpha value is -0.250. The van der Waals surface area contributed by atoms with Gasteiger partial charge in [0.15, 0.2) is 0 Å². The van der Waals surface area contributed by atoms with Crippen molar-refractivity contribution in [3.8, 4) is 0 Å². The average Bonchev–Trinajstić information content (AvgIpc) is 2.14. The Bertz CT molecular complexity index is 134. The maximum atomic E-state index is 11.6. The van der Waals surface area contributed by atoms with Crippen molar-refractivity contribution in [1.29, 1.82) is 0 Å². The first kappa shape index (κ1) is 14.8. The van der Waals surface area contributed by atoms with Crippen LogP contribution in [-0.2, 0) is 4.74 Å². The van der Waals surface area contributed by atoms with Crippen molar-refractivity contribution in [3.05, 3.63) is 0 Å². The zero-order valence-corrected chi connectivity index (χ0v) is 9.41. The average molecular weight is 226 g/mol. The van der Waals surface area contributed by atoms with Gasteiger partial charge >= 0.3 is 6.18 Å². The molecule has 0 heterocycles. The van der Waals surface area contributed by atoms with Crippen LogP contribution in [0.2, 0.25) is 0 Å².